The molecule has 0 radical (unpaired) electrons. The van der Waals surface area contributed by atoms with E-state index in [-0.39, 0.29) is 15.7 Å². The van der Waals surface area contributed by atoms with Gasteiger partial charge in [0, 0.05) is 24.3 Å². The van der Waals surface area contributed by atoms with Crippen LogP contribution < -0.4 is 0 Å². The summed E-state index contributed by atoms with van der Waals surface area (Å²) in [6.07, 6.45) is 3.33. The first-order valence-corrected chi connectivity index (χ1v) is 4.50. The van der Waals surface area contributed by atoms with Crippen molar-refractivity contribution in [2.24, 2.45) is 0 Å². The Morgan fingerprint density at radius 1 is 0.545 bits per heavy atom. The van der Waals surface area contributed by atoms with Crippen molar-refractivity contribution in [1.29, 1.82) is 0 Å². The molecule has 10 heteroatoms. The van der Waals surface area contributed by atoms with Gasteiger partial charge in [0.25, 0.3) is 0 Å². The molecule has 0 aromatic carbocycles. The average Bonchev–Trinajstić information content (AvgIpc) is 2.40. The summed E-state index contributed by atoms with van der Waals surface area (Å²) in [6.45, 7) is 11.8. The molecular formula is C12H21FO8Si. The molecular weight excluding hydrogens is 319 g/mol. The van der Waals surface area contributed by atoms with E-state index in [0.29, 0.717) is 0 Å². The topological polar surface area (TPSA) is 149 Å². The van der Waals surface area contributed by atoms with Crippen molar-refractivity contribution in [2.75, 3.05) is 0 Å². The van der Waals surface area contributed by atoms with Gasteiger partial charge >= 0.3 is 23.9 Å². The van der Waals surface area contributed by atoms with Gasteiger partial charge in [0.2, 0.25) is 0 Å². The zero-order chi connectivity index (χ0) is 17.1. The number of carboxylic acid groups (broad SMARTS) is 4. The Kier molecular flexibility index (Phi) is 50.9. The second kappa shape index (κ2) is 30.8. The van der Waals surface area contributed by atoms with Gasteiger partial charge < -0.3 is 20.4 Å². The minimum atomic E-state index is -0.981. The third kappa shape index (κ3) is 175. The fourth-order valence-electron chi connectivity index (χ4n) is 0. The van der Waals surface area contributed by atoms with Crippen LogP contribution in [0, 0.1) is 0 Å². The molecule has 0 unspecified atom stereocenters. The van der Waals surface area contributed by atoms with Crippen molar-refractivity contribution < 1.29 is 44.3 Å². The number of halogens is 1. The van der Waals surface area contributed by atoms with E-state index in [2.05, 4.69) is 26.3 Å². The van der Waals surface area contributed by atoms with Crippen molar-refractivity contribution in [3.05, 3.63) is 50.6 Å². The molecule has 22 heavy (non-hydrogen) atoms. The Hall–Kier alpha value is -3.01. The molecule has 0 aliphatic heterocycles. The normalized spacial score (nSPS) is 5.82. The average molecular weight is 340 g/mol. The van der Waals surface area contributed by atoms with Crippen LogP contribution in [-0.4, -0.2) is 55.3 Å². The summed E-state index contributed by atoms with van der Waals surface area (Å²) < 4.78 is 0. The highest BCUT2D eigenvalue weighted by Crippen LogP contribution is 1.56. The van der Waals surface area contributed by atoms with Crippen LogP contribution in [0.2, 0.25) is 0 Å². The first kappa shape index (κ1) is 36.4. The molecule has 0 bridgehead atoms. The van der Waals surface area contributed by atoms with Crippen LogP contribution in [0.15, 0.2) is 50.6 Å². The molecule has 0 saturated heterocycles. The third-order valence-electron chi connectivity index (χ3n) is 0.698. The SMILES string of the molecule is C=CC(=O)O.C=CC(=O)O.C=CC(=O)O.C=CC(=O)O.F.[SiH4]. The van der Waals surface area contributed by atoms with Crippen LogP contribution in [-0.2, 0) is 19.2 Å². The Morgan fingerprint density at radius 2 is 0.591 bits per heavy atom. The molecule has 0 amide bonds. The minimum Gasteiger partial charge on any atom is -0.478 e. The van der Waals surface area contributed by atoms with Crippen LogP contribution in [0.3, 0.4) is 0 Å². The first-order chi connectivity index (χ1) is 9.08. The maximum absolute atomic E-state index is 9.25. The smallest absolute Gasteiger partial charge is 0.327 e. The van der Waals surface area contributed by atoms with Gasteiger partial charge in [-0.25, -0.2) is 19.2 Å². The van der Waals surface area contributed by atoms with E-state index >= 15 is 0 Å². The second-order valence-electron chi connectivity index (χ2n) is 2.17. The Labute approximate surface area is 130 Å². The van der Waals surface area contributed by atoms with Gasteiger partial charge in [-0.1, -0.05) is 26.3 Å². The first-order valence-electron chi connectivity index (χ1n) is 4.50. The lowest BCUT2D eigenvalue weighted by molar-refractivity contribution is -0.132. The van der Waals surface area contributed by atoms with Crippen molar-refractivity contribution >= 4 is 34.8 Å². The number of aliphatic carboxylic acids is 4. The van der Waals surface area contributed by atoms with Crippen molar-refractivity contribution in [1.82, 2.24) is 0 Å². The zero-order valence-corrected chi connectivity index (χ0v) is 11.0. The minimum absolute atomic E-state index is 0. The molecule has 0 fully saturated rings. The third-order valence-corrected chi connectivity index (χ3v) is 0.698. The van der Waals surface area contributed by atoms with Crippen LogP contribution in [0.5, 0.6) is 0 Å². The lowest BCUT2D eigenvalue weighted by Gasteiger charge is -1.64. The maximum Gasteiger partial charge on any atom is 0.327 e. The number of hydrogen-bond donors (Lipinski definition) is 4. The van der Waals surface area contributed by atoms with E-state index < -0.39 is 23.9 Å². The van der Waals surface area contributed by atoms with Crippen molar-refractivity contribution in [3.8, 4) is 0 Å². The van der Waals surface area contributed by atoms with Gasteiger partial charge in [0.15, 0.2) is 0 Å². The second-order valence-corrected chi connectivity index (χ2v) is 2.17. The monoisotopic (exact) mass is 340 g/mol. The quantitative estimate of drug-likeness (QED) is 0.403. The Bertz CT molecular complexity index is 307. The summed E-state index contributed by atoms with van der Waals surface area (Å²) >= 11 is 0. The largest absolute Gasteiger partial charge is 0.478 e. The van der Waals surface area contributed by atoms with Crippen LogP contribution >= 0.6 is 0 Å². The zero-order valence-electron chi connectivity index (χ0n) is 11.0. The van der Waals surface area contributed by atoms with E-state index in [0.717, 1.165) is 24.3 Å². The van der Waals surface area contributed by atoms with E-state index in [1.54, 1.807) is 0 Å². The van der Waals surface area contributed by atoms with E-state index in [4.69, 9.17) is 20.4 Å². The number of carboxylic acids is 4. The van der Waals surface area contributed by atoms with E-state index in [1.165, 1.54) is 0 Å². The molecule has 0 rings (SSSR count). The van der Waals surface area contributed by atoms with Gasteiger partial charge in [-0.05, 0) is 11.0 Å². The predicted molar refractivity (Wildman–Crippen MR) is 85.2 cm³/mol. The van der Waals surface area contributed by atoms with Gasteiger partial charge in [-0.2, -0.15) is 0 Å². The molecule has 128 valence electrons. The lowest BCUT2D eigenvalue weighted by Crippen LogP contribution is -1.82. The van der Waals surface area contributed by atoms with Crippen LogP contribution in [0.4, 0.5) is 4.70 Å². The van der Waals surface area contributed by atoms with Crippen LogP contribution in [0.25, 0.3) is 0 Å². The summed E-state index contributed by atoms with van der Waals surface area (Å²) in [5.74, 6) is -3.93. The summed E-state index contributed by atoms with van der Waals surface area (Å²) in [5, 5.41) is 30.4. The Balaban J connectivity index is -0.0000000376. The summed E-state index contributed by atoms with van der Waals surface area (Å²) in [6, 6.07) is 0. The van der Waals surface area contributed by atoms with Crippen molar-refractivity contribution in [2.45, 2.75) is 0 Å². The summed E-state index contributed by atoms with van der Waals surface area (Å²) in [4.78, 5) is 37.0. The highest BCUT2D eigenvalue weighted by atomic mass is 28.1. The van der Waals surface area contributed by atoms with E-state index in [1.807, 2.05) is 0 Å². The van der Waals surface area contributed by atoms with Crippen LogP contribution in [0.1, 0.15) is 0 Å². The van der Waals surface area contributed by atoms with Gasteiger partial charge in [0.1, 0.15) is 0 Å². The molecule has 0 heterocycles. The predicted octanol–water partition coefficient (Wildman–Crippen LogP) is -0.271. The molecule has 4 N–H and O–H groups in total. The van der Waals surface area contributed by atoms with Gasteiger partial charge in [-0.15, -0.1) is 0 Å². The maximum atomic E-state index is 9.25. The standard InChI is InChI=1S/4C3H4O2.FH.H4Si/c4*1-2-3(4)5;;/h4*2H,1H2,(H,4,5);1H;1H4. The summed E-state index contributed by atoms with van der Waals surface area (Å²) in [5.41, 5.74) is 0. The number of hydrogen-bond acceptors (Lipinski definition) is 4. The molecule has 0 aromatic rings. The molecule has 8 nitrogen and oxygen atoms in total. The molecule has 0 atom stereocenters. The highest BCUT2D eigenvalue weighted by Gasteiger charge is 1.74. The number of rotatable bonds is 4. The molecule has 0 spiro atoms. The highest BCUT2D eigenvalue weighted by molar-refractivity contribution is 5.79. The molecule has 0 aromatic heterocycles. The molecule has 0 saturated carbocycles. The number of carbonyl (C=O) groups is 4. The molecule has 0 aliphatic rings. The molecule has 0 aliphatic carbocycles. The van der Waals surface area contributed by atoms with Crippen molar-refractivity contribution in [3.63, 3.8) is 0 Å². The summed E-state index contributed by atoms with van der Waals surface area (Å²) in [7, 11) is 0. The van der Waals surface area contributed by atoms with E-state index in [9.17, 15) is 19.2 Å². The van der Waals surface area contributed by atoms with Gasteiger partial charge in [-0.3, -0.25) is 4.70 Å². The lowest BCUT2D eigenvalue weighted by atomic mass is 10.7. The Morgan fingerprint density at radius 3 is 0.591 bits per heavy atom. The van der Waals surface area contributed by atoms with Gasteiger partial charge in [0.05, 0.1) is 0 Å². The fourth-order valence-corrected chi connectivity index (χ4v) is 0. The fraction of sp³-hybridized carbons (Fsp3) is 0.